The van der Waals surface area contributed by atoms with Crippen LogP contribution in [0.1, 0.15) is 11.3 Å². The molecule has 0 unspecified atom stereocenters. The summed E-state index contributed by atoms with van der Waals surface area (Å²) in [4.78, 5) is 9.31. The molecule has 6 heteroatoms. The molecule has 0 fully saturated rings. The Morgan fingerprint density at radius 2 is 1.44 bits per heavy atom. The number of para-hydroxylation sites is 1. The maximum Gasteiger partial charge on any atom is 0.175 e. The van der Waals surface area contributed by atoms with Gasteiger partial charge < -0.3 is 15.2 Å². The van der Waals surface area contributed by atoms with E-state index in [4.69, 9.17) is 4.52 Å². The van der Waals surface area contributed by atoms with Crippen LogP contribution in [-0.4, -0.2) is 15.1 Å². The Morgan fingerprint density at radius 3 is 2.15 bits per heavy atom. The van der Waals surface area contributed by atoms with Crippen molar-refractivity contribution in [2.75, 3.05) is 10.6 Å². The number of hydrogen-bond acceptors (Lipinski definition) is 6. The Labute approximate surface area is 157 Å². The molecular weight excluding hydrogens is 338 g/mol. The standard InChI is InChI=1S/C21H19N5O/c1-14-8-6-7-11-17(14)22-18-13-19(23-20-12-15(2)27-26-20)25-21(24-18)16-9-4-3-5-10-16/h3-13H,1-2H3,(H2,22,23,24,25,26). The van der Waals surface area contributed by atoms with Gasteiger partial charge in [0.15, 0.2) is 11.6 Å². The van der Waals surface area contributed by atoms with E-state index in [-0.39, 0.29) is 0 Å². The van der Waals surface area contributed by atoms with Gasteiger partial charge >= 0.3 is 0 Å². The van der Waals surface area contributed by atoms with E-state index in [0.717, 1.165) is 22.6 Å². The van der Waals surface area contributed by atoms with E-state index in [1.165, 1.54) is 0 Å². The Kier molecular flexibility index (Phi) is 4.53. The summed E-state index contributed by atoms with van der Waals surface area (Å²) in [5.74, 6) is 3.28. The fourth-order valence-electron chi connectivity index (χ4n) is 2.70. The highest BCUT2D eigenvalue weighted by Gasteiger charge is 2.10. The number of rotatable bonds is 5. The summed E-state index contributed by atoms with van der Waals surface area (Å²) < 4.78 is 5.12. The van der Waals surface area contributed by atoms with E-state index in [2.05, 4.69) is 38.7 Å². The van der Waals surface area contributed by atoms with Crippen LogP contribution in [0.3, 0.4) is 0 Å². The first-order valence-corrected chi connectivity index (χ1v) is 8.65. The van der Waals surface area contributed by atoms with Gasteiger partial charge in [0.25, 0.3) is 0 Å². The van der Waals surface area contributed by atoms with Crippen LogP contribution in [0.4, 0.5) is 23.1 Å². The zero-order chi connectivity index (χ0) is 18.6. The van der Waals surface area contributed by atoms with Crippen LogP contribution < -0.4 is 10.6 Å². The van der Waals surface area contributed by atoms with Crippen molar-refractivity contribution in [3.05, 3.63) is 78.1 Å². The monoisotopic (exact) mass is 357 g/mol. The van der Waals surface area contributed by atoms with E-state index in [1.54, 1.807) is 0 Å². The second-order valence-corrected chi connectivity index (χ2v) is 6.22. The first-order chi connectivity index (χ1) is 13.2. The van der Waals surface area contributed by atoms with Crippen LogP contribution in [0.25, 0.3) is 11.4 Å². The van der Waals surface area contributed by atoms with Crippen molar-refractivity contribution in [1.82, 2.24) is 15.1 Å². The lowest BCUT2D eigenvalue weighted by Gasteiger charge is -2.12. The SMILES string of the molecule is Cc1cc(Nc2cc(Nc3ccccc3C)nc(-c3ccccc3)n2)no1. The number of aromatic nitrogens is 3. The highest BCUT2D eigenvalue weighted by atomic mass is 16.5. The lowest BCUT2D eigenvalue weighted by atomic mass is 10.2. The van der Waals surface area contributed by atoms with Crippen LogP contribution in [-0.2, 0) is 0 Å². The molecule has 2 aromatic carbocycles. The van der Waals surface area contributed by atoms with Crippen LogP contribution in [0, 0.1) is 13.8 Å². The lowest BCUT2D eigenvalue weighted by molar-refractivity contribution is 0.400. The van der Waals surface area contributed by atoms with Crippen LogP contribution in [0.15, 0.2) is 71.3 Å². The maximum atomic E-state index is 5.12. The maximum absolute atomic E-state index is 5.12. The molecule has 0 bridgehead atoms. The van der Waals surface area contributed by atoms with Gasteiger partial charge in [-0.2, -0.15) is 0 Å². The third kappa shape index (κ3) is 3.95. The van der Waals surface area contributed by atoms with E-state index in [9.17, 15) is 0 Å². The largest absolute Gasteiger partial charge is 0.360 e. The van der Waals surface area contributed by atoms with Crippen LogP contribution in [0.5, 0.6) is 0 Å². The Morgan fingerprint density at radius 1 is 0.741 bits per heavy atom. The first-order valence-electron chi connectivity index (χ1n) is 8.65. The summed E-state index contributed by atoms with van der Waals surface area (Å²) in [7, 11) is 0. The number of nitrogens with one attached hydrogen (secondary N) is 2. The third-order valence-electron chi connectivity index (χ3n) is 4.05. The van der Waals surface area contributed by atoms with Gasteiger partial charge in [-0.05, 0) is 25.5 Å². The lowest BCUT2D eigenvalue weighted by Crippen LogP contribution is -2.02. The fraction of sp³-hybridized carbons (Fsp3) is 0.0952. The minimum Gasteiger partial charge on any atom is -0.360 e. The minimum absolute atomic E-state index is 0.604. The molecule has 4 rings (SSSR count). The number of aryl methyl sites for hydroxylation is 2. The number of anilines is 4. The zero-order valence-corrected chi connectivity index (χ0v) is 15.1. The van der Waals surface area contributed by atoms with Gasteiger partial charge in [-0.3, -0.25) is 0 Å². The van der Waals surface area contributed by atoms with Gasteiger partial charge in [0.1, 0.15) is 17.4 Å². The van der Waals surface area contributed by atoms with E-state index < -0.39 is 0 Å². The topological polar surface area (TPSA) is 75.9 Å². The molecule has 0 radical (unpaired) electrons. The molecule has 0 atom stereocenters. The van der Waals surface area contributed by atoms with Crippen molar-refractivity contribution >= 4 is 23.1 Å². The molecule has 2 heterocycles. The van der Waals surface area contributed by atoms with E-state index in [1.807, 2.05) is 67.6 Å². The summed E-state index contributed by atoms with van der Waals surface area (Å²) >= 11 is 0. The Balaban J connectivity index is 1.73. The predicted octanol–water partition coefficient (Wildman–Crippen LogP) is 5.24. The Hall–Kier alpha value is -3.67. The molecule has 0 saturated carbocycles. The van der Waals surface area contributed by atoms with Gasteiger partial charge in [0.2, 0.25) is 0 Å². The molecule has 6 nitrogen and oxygen atoms in total. The summed E-state index contributed by atoms with van der Waals surface area (Å²) in [5, 5.41) is 10.5. The zero-order valence-electron chi connectivity index (χ0n) is 15.1. The molecule has 0 saturated heterocycles. The van der Waals surface area contributed by atoms with E-state index >= 15 is 0 Å². The second kappa shape index (κ2) is 7.29. The fourth-order valence-corrected chi connectivity index (χ4v) is 2.70. The van der Waals surface area contributed by atoms with Crippen molar-refractivity contribution in [3.8, 4) is 11.4 Å². The molecule has 4 aromatic rings. The van der Waals surface area contributed by atoms with Crippen molar-refractivity contribution in [2.45, 2.75) is 13.8 Å². The molecule has 0 aliphatic rings. The highest BCUT2D eigenvalue weighted by Crippen LogP contribution is 2.25. The average Bonchev–Trinajstić information content (AvgIpc) is 3.09. The molecule has 0 amide bonds. The van der Waals surface area contributed by atoms with E-state index in [0.29, 0.717) is 23.3 Å². The molecule has 2 aromatic heterocycles. The summed E-state index contributed by atoms with van der Waals surface area (Å²) in [5.41, 5.74) is 3.07. The molecule has 0 spiro atoms. The van der Waals surface area contributed by atoms with Gasteiger partial charge in [0.05, 0.1) is 0 Å². The van der Waals surface area contributed by atoms with Crippen molar-refractivity contribution in [1.29, 1.82) is 0 Å². The average molecular weight is 357 g/mol. The normalized spacial score (nSPS) is 10.6. The summed E-state index contributed by atoms with van der Waals surface area (Å²) in [6.45, 7) is 3.90. The molecule has 134 valence electrons. The first kappa shape index (κ1) is 16.8. The number of hydrogen-bond donors (Lipinski definition) is 2. The predicted molar refractivity (Wildman–Crippen MR) is 106 cm³/mol. The molecule has 27 heavy (non-hydrogen) atoms. The molecule has 0 aliphatic carbocycles. The van der Waals surface area contributed by atoms with Crippen molar-refractivity contribution < 1.29 is 4.52 Å². The summed E-state index contributed by atoms with van der Waals surface area (Å²) in [6.07, 6.45) is 0. The van der Waals surface area contributed by atoms with Gasteiger partial charge in [-0.25, -0.2) is 9.97 Å². The molecule has 2 N–H and O–H groups in total. The molecular formula is C21H19N5O. The minimum atomic E-state index is 0.604. The van der Waals surface area contributed by atoms with Crippen molar-refractivity contribution in [3.63, 3.8) is 0 Å². The quantitative estimate of drug-likeness (QED) is 0.509. The van der Waals surface area contributed by atoms with Crippen LogP contribution >= 0.6 is 0 Å². The Bertz CT molecular complexity index is 1060. The molecule has 0 aliphatic heterocycles. The summed E-state index contributed by atoms with van der Waals surface area (Å²) in [6, 6.07) is 21.6. The van der Waals surface area contributed by atoms with Crippen molar-refractivity contribution in [2.24, 2.45) is 0 Å². The smallest absolute Gasteiger partial charge is 0.175 e. The number of benzene rings is 2. The van der Waals surface area contributed by atoms with Crippen LogP contribution in [0.2, 0.25) is 0 Å². The second-order valence-electron chi connectivity index (χ2n) is 6.22. The third-order valence-corrected chi connectivity index (χ3v) is 4.05. The van der Waals surface area contributed by atoms with Gasteiger partial charge in [-0.1, -0.05) is 53.7 Å². The highest BCUT2D eigenvalue weighted by molar-refractivity contribution is 5.68. The number of nitrogens with zero attached hydrogens (tertiary/aromatic N) is 3. The van der Waals surface area contributed by atoms with Gasteiger partial charge in [0, 0.05) is 23.4 Å². The van der Waals surface area contributed by atoms with Gasteiger partial charge in [-0.15, -0.1) is 0 Å².